The van der Waals surface area contributed by atoms with Gasteiger partial charge in [0, 0.05) is 10.6 Å². The predicted molar refractivity (Wildman–Crippen MR) is 84.8 cm³/mol. The van der Waals surface area contributed by atoms with E-state index >= 15 is 0 Å². The van der Waals surface area contributed by atoms with E-state index in [1.54, 1.807) is 36.4 Å². The summed E-state index contributed by atoms with van der Waals surface area (Å²) in [4.78, 5) is 2.08. The third-order valence-corrected chi connectivity index (χ3v) is 3.40. The van der Waals surface area contributed by atoms with Gasteiger partial charge >= 0.3 is 0 Å². The molecule has 0 radical (unpaired) electrons. The zero-order valence-electron chi connectivity index (χ0n) is 12.3. The third kappa shape index (κ3) is 4.73. The van der Waals surface area contributed by atoms with Crippen LogP contribution in [0.1, 0.15) is 12.0 Å². The zero-order valence-corrected chi connectivity index (χ0v) is 13.0. The minimum Gasteiger partial charge on any atom is -0.457 e. The second kappa shape index (κ2) is 7.43. The quantitative estimate of drug-likeness (QED) is 0.762. The largest absolute Gasteiger partial charge is 0.457 e. The summed E-state index contributed by atoms with van der Waals surface area (Å²) in [7, 11) is 4.01. The lowest BCUT2D eigenvalue weighted by atomic mass is 10.1. The SMILES string of the molecule is CN(C)CCCc1c(F)cccc1Oc1ccc(Cl)cc1. The molecule has 0 spiro atoms. The molecule has 4 heteroatoms. The van der Waals surface area contributed by atoms with Gasteiger partial charge in [0.15, 0.2) is 0 Å². The minimum atomic E-state index is -0.222. The topological polar surface area (TPSA) is 12.5 Å². The highest BCUT2D eigenvalue weighted by atomic mass is 35.5. The Bertz CT molecular complexity index is 584. The van der Waals surface area contributed by atoms with E-state index < -0.39 is 0 Å². The molecule has 0 amide bonds. The first kappa shape index (κ1) is 15.8. The fraction of sp³-hybridized carbons (Fsp3) is 0.294. The van der Waals surface area contributed by atoms with Gasteiger partial charge in [-0.25, -0.2) is 4.39 Å². The van der Waals surface area contributed by atoms with Crippen molar-refractivity contribution in [3.63, 3.8) is 0 Å². The molecule has 0 unspecified atom stereocenters. The van der Waals surface area contributed by atoms with Crippen LogP contribution in [0.3, 0.4) is 0 Å². The van der Waals surface area contributed by atoms with Crippen molar-refractivity contribution in [2.24, 2.45) is 0 Å². The molecule has 0 heterocycles. The van der Waals surface area contributed by atoms with Crippen molar-refractivity contribution in [1.29, 1.82) is 0 Å². The maximum absolute atomic E-state index is 14.0. The first-order valence-electron chi connectivity index (χ1n) is 6.92. The molecule has 0 saturated heterocycles. The summed E-state index contributed by atoms with van der Waals surface area (Å²) >= 11 is 5.85. The monoisotopic (exact) mass is 307 g/mol. The first-order chi connectivity index (χ1) is 10.1. The van der Waals surface area contributed by atoms with Crippen molar-refractivity contribution in [2.75, 3.05) is 20.6 Å². The third-order valence-electron chi connectivity index (χ3n) is 3.15. The lowest BCUT2D eigenvalue weighted by molar-refractivity contribution is 0.395. The fourth-order valence-corrected chi connectivity index (χ4v) is 2.20. The predicted octanol–water partition coefficient (Wildman–Crippen LogP) is 4.77. The van der Waals surface area contributed by atoms with Gasteiger partial charge in [0.2, 0.25) is 0 Å². The number of benzene rings is 2. The van der Waals surface area contributed by atoms with Gasteiger partial charge in [0.25, 0.3) is 0 Å². The summed E-state index contributed by atoms with van der Waals surface area (Å²) in [5, 5.41) is 0.646. The second-order valence-electron chi connectivity index (χ2n) is 5.18. The summed E-state index contributed by atoms with van der Waals surface area (Å²) in [6.45, 7) is 0.911. The second-order valence-corrected chi connectivity index (χ2v) is 5.62. The van der Waals surface area contributed by atoms with Crippen LogP contribution < -0.4 is 4.74 Å². The zero-order chi connectivity index (χ0) is 15.2. The van der Waals surface area contributed by atoms with Gasteiger partial charge in [-0.3, -0.25) is 0 Å². The van der Waals surface area contributed by atoms with Crippen molar-refractivity contribution in [1.82, 2.24) is 4.90 Å². The Balaban J connectivity index is 2.14. The van der Waals surface area contributed by atoms with Crippen molar-refractivity contribution in [3.8, 4) is 11.5 Å². The number of rotatable bonds is 6. The Morgan fingerprint density at radius 2 is 1.81 bits per heavy atom. The van der Waals surface area contributed by atoms with Crippen molar-refractivity contribution >= 4 is 11.6 Å². The molecule has 0 saturated carbocycles. The van der Waals surface area contributed by atoms with Crippen molar-refractivity contribution in [2.45, 2.75) is 12.8 Å². The molecule has 0 aliphatic carbocycles. The molecule has 2 aromatic rings. The number of hydrogen-bond donors (Lipinski definition) is 0. The molecule has 0 atom stereocenters. The average Bonchev–Trinajstić information content (AvgIpc) is 2.44. The molecule has 2 aromatic carbocycles. The van der Waals surface area contributed by atoms with Gasteiger partial charge in [0.1, 0.15) is 17.3 Å². The maximum Gasteiger partial charge on any atom is 0.133 e. The average molecular weight is 308 g/mol. The standard InChI is InChI=1S/C17H19ClFNO/c1-20(2)12-4-5-15-16(19)6-3-7-17(15)21-14-10-8-13(18)9-11-14/h3,6-11H,4-5,12H2,1-2H3. The highest BCUT2D eigenvalue weighted by Gasteiger charge is 2.10. The van der Waals surface area contributed by atoms with Crippen molar-refractivity contribution < 1.29 is 9.13 Å². The lowest BCUT2D eigenvalue weighted by Crippen LogP contribution is -2.13. The van der Waals surface area contributed by atoms with Crippen LogP contribution in [0.15, 0.2) is 42.5 Å². The van der Waals surface area contributed by atoms with Gasteiger partial charge in [0.05, 0.1) is 0 Å². The van der Waals surface area contributed by atoms with Gasteiger partial charge in [-0.1, -0.05) is 17.7 Å². The van der Waals surface area contributed by atoms with Crippen LogP contribution in [0, 0.1) is 5.82 Å². The highest BCUT2D eigenvalue weighted by molar-refractivity contribution is 6.30. The summed E-state index contributed by atoms with van der Waals surface area (Å²) in [6.07, 6.45) is 1.53. The number of nitrogens with zero attached hydrogens (tertiary/aromatic N) is 1. The molecule has 0 fully saturated rings. The molecular formula is C17H19ClFNO. The van der Waals surface area contributed by atoms with Gasteiger partial charge in [-0.15, -0.1) is 0 Å². The summed E-state index contributed by atoms with van der Waals surface area (Å²) < 4.78 is 19.8. The summed E-state index contributed by atoms with van der Waals surface area (Å²) in [5.74, 6) is 0.996. The molecule has 0 N–H and O–H groups in total. The molecule has 2 nitrogen and oxygen atoms in total. The Labute approximate surface area is 130 Å². The molecule has 21 heavy (non-hydrogen) atoms. The Hall–Kier alpha value is -1.58. The normalized spacial score (nSPS) is 10.9. The lowest BCUT2D eigenvalue weighted by Gasteiger charge is -2.13. The Morgan fingerprint density at radius 3 is 2.48 bits per heavy atom. The van der Waals surface area contributed by atoms with Crippen molar-refractivity contribution in [3.05, 3.63) is 58.9 Å². The number of hydrogen-bond acceptors (Lipinski definition) is 2. The van der Waals surface area contributed by atoms with Gasteiger partial charge < -0.3 is 9.64 Å². The van der Waals surface area contributed by atoms with Crippen LogP contribution >= 0.6 is 11.6 Å². The van der Waals surface area contributed by atoms with E-state index in [2.05, 4.69) is 4.90 Å². The van der Waals surface area contributed by atoms with E-state index in [0.29, 0.717) is 28.5 Å². The van der Waals surface area contributed by atoms with Crippen LogP contribution in [0.25, 0.3) is 0 Å². The number of ether oxygens (including phenoxy) is 1. The van der Waals surface area contributed by atoms with Gasteiger partial charge in [-0.05, 0) is 69.9 Å². The van der Waals surface area contributed by atoms with Crippen LogP contribution in [0.2, 0.25) is 5.02 Å². The summed E-state index contributed by atoms with van der Waals surface area (Å²) in [6, 6.07) is 12.0. The van der Waals surface area contributed by atoms with Gasteiger partial charge in [-0.2, -0.15) is 0 Å². The van der Waals surface area contributed by atoms with E-state index in [0.717, 1.165) is 13.0 Å². The Morgan fingerprint density at radius 1 is 1.10 bits per heavy atom. The smallest absolute Gasteiger partial charge is 0.133 e. The Kier molecular flexibility index (Phi) is 5.59. The molecule has 0 bridgehead atoms. The van der Waals surface area contributed by atoms with E-state index in [9.17, 15) is 4.39 Å². The minimum absolute atomic E-state index is 0.222. The van der Waals surface area contributed by atoms with Crippen LogP contribution in [-0.4, -0.2) is 25.5 Å². The molecule has 112 valence electrons. The summed E-state index contributed by atoms with van der Waals surface area (Å²) in [5.41, 5.74) is 0.620. The fourth-order valence-electron chi connectivity index (χ4n) is 2.08. The molecule has 0 aliphatic heterocycles. The molecule has 0 aromatic heterocycles. The molecule has 2 rings (SSSR count). The van der Waals surface area contributed by atoms with Crippen LogP contribution in [-0.2, 0) is 6.42 Å². The first-order valence-corrected chi connectivity index (χ1v) is 7.29. The van der Waals surface area contributed by atoms with E-state index in [-0.39, 0.29) is 5.82 Å². The molecule has 0 aliphatic rings. The van der Waals surface area contributed by atoms with Crippen LogP contribution in [0.5, 0.6) is 11.5 Å². The highest BCUT2D eigenvalue weighted by Crippen LogP contribution is 2.29. The van der Waals surface area contributed by atoms with E-state index in [1.807, 2.05) is 14.1 Å². The maximum atomic E-state index is 14.0. The van der Waals surface area contributed by atoms with E-state index in [1.165, 1.54) is 6.07 Å². The van der Waals surface area contributed by atoms with E-state index in [4.69, 9.17) is 16.3 Å². The van der Waals surface area contributed by atoms with Crippen LogP contribution in [0.4, 0.5) is 4.39 Å². The molecular weight excluding hydrogens is 289 g/mol. The number of halogens is 2.